The summed E-state index contributed by atoms with van der Waals surface area (Å²) in [5, 5.41) is 20.6. The Balaban J connectivity index is 1.97. The van der Waals surface area contributed by atoms with Crippen LogP contribution >= 0.6 is 0 Å². The number of hydrogen-bond acceptors (Lipinski definition) is 4. The van der Waals surface area contributed by atoms with Crippen molar-refractivity contribution in [2.75, 3.05) is 0 Å². The molecule has 1 N–H and O–H groups in total. The van der Waals surface area contributed by atoms with E-state index < -0.39 is 22.8 Å². The van der Waals surface area contributed by atoms with Gasteiger partial charge in [0.1, 0.15) is 6.04 Å². The molecule has 1 heterocycles. The predicted octanol–water partition coefficient (Wildman–Crippen LogP) is 2.76. The fourth-order valence-electron chi connectivity index (χ4n) is 4.11. The van der Waals surface area contributed by atoms with Crippen molar-refractivity contribution in [2.45, 2.75) is 51.1 Å². The van der Waals surface area contributed by atoms with Gasteiger partial charge >= 0.3 is 5.97 Å². The number of non-ortho nitro benzene ring substituents is 1. The molecular weight excluding hydrogens is 312 g/mol. The minimum absolute atomic E-state index is 0.0769. The number of rotatable bonds is 3. The molecule has 128 valence electrons. The van der Waals surface area contributed by atoms with Gasteiger partial charge in [0.15, 0.2) is 0 Å². The van der Waals surface area contributed by atoms with E-state index >= 15 is 0 Å². The monoisotopic (exact) mass is 332 g/mol. The quantitative estimate of drug-likeness (QED) is 0.677. The van der Waals surface area contributed by atoms with Crippen molar-refractivity contribution in [1.82, 2.24) is 4.90 Å². The zero-order chi connectivity index (χ0) is 17.4. The summed E-state index contributed by atoms with van der Waals surface area (Å²) in [6.45, 7) is 1.69. The van der Waals surface area contributed by atoms with E-state index in [1.54, 1.807) is 13.0 Å². The molecule has 0 spiro atoms. The maximum absolute atomic E-state index is 13.0. The Hall–Kier alpha value is -2.44. The first kappa shape index (κ1) is 16.4. The molecule has 0 bridgehead atoms. The van der Waals surface area contributed by atoms with Crippen LogP contribution in [0.3, 0.4) is 0 Å². The third kappa shape index (κ3) is 2.86. The third-order valence-electron chi connectivity index (χ3n) is 5.13. The Labute approximate surface area is 139 Å². The van der Waals surface area contributed by atoms with Gasteiger partial charge in [0.05, 0.1) is 4.92 Å². The van der Waals surface area contributed by atoms with Gasteiger partial charge in [0, 0.05) is 23.7 Å². The molecule has 2 fully saturated rings. The van der Waals surface area contributed by atoms with E-state index in [1.165, 1.54) is 17.0 Å². The zero-order valence-corrected chi connectivity index (χ0v) is 13.5. The Morgan fingerprint density at radius 1 is 1.25 bits per heavy atom. The van der Waals surface area contributed by atoms with E-state index in [9.17, 15) is 24.8 Å². The number of aryl methyl sites for hydroxylation is 1. The molecular formula is C17H20N2O5. The van der Waals surface area contributed by atoms with Gasteiger partial charge in [-0.15, -0.1) is 0 Å². The second kappa shape index (κ2) is 6.22. The number of nitro benzene ring substituents is 1. The molecule has 3 atom stereocenters. The molecule has 0 radical (unpaired) electrons. The molecule has 1 amide bonds. The lowest BCUT2D eigenvalue weighted by atomic mass is 9.84. The normalized spacial score (nSPS) is 26.0. The average Bonchev–Trinajstić information content (AvgIpc) is 2.93. The SMILES string of the molecule is Cc1cc(C(=O)N2C(C(=O)O)CC3CCCCC32)cc([N+](=O)[O-])c1. The second-order valence-electron chi connectivity index (χ2n) is 6.73. The van der Waals surface area contributed by atoms with Crippen LogP contribution < -0.4 is 0 Å². The Morgan fingerprint density at radius 2 is 1.96 bits per heavy atom. The summed E-state index contributed by atoms with van der Waals surface area (Å²) in [7, 11) is 0. The highest BCUT2D eigenvalue weighted by Gasteiger charge is 2.47. The highest BCUT2D eigenvalue weighted by Crippen LogP contribution is 2.40. The first-order valence-corrected chi connectivity index (χ1v) is 8.20. The molecule has 1 aliphatic carbocycles. The minimum atomic E-state index is -1.00. The van der Waals surface area contributed by atoms with Gasteiger partial charge in [0.25, 0.3) is 11.6 Å². The highest BCUT2D eigenvalue weighted by molar-refractivity contribution is 5.98. The number of benzene rings is 1. The predicted molar refractivity (Wildman–Crippen MR) is 85.8 cm³/mol. The number of carbonyl (C=O) groups excluding carboxylic acids is 1. The van der Waals surface area contributed by atoms with E-state index in [0.717, 1.165) is 25.7 Å². The lowest BCUT2D eigenvalue weighted by Gasteiger charge is -2.33. The molecule has 1 saturated carbocycles. The first-order valence-electron chi connectivity index (χ1n) is 8.20. The van der Waals surface area contributed by atoms with Crippen molar-refractivity contribution in [3.8, 4) is 0 Å². The number of fused-ring (bicyclic) bond motifs is 1. The van der Waals surface area contributed by atoms with Crippen LogP contribution in [0.4, 0.5) is 5.69 Å². The summed E-state index contributed by atoms with van der Waals surface area (Å²) in [5.74, 6) is -1.20. The molecule has 2 aliphatic rings. The van der Waals surface area contributed by atoms with Crippen molar-refractivity contribution in [3.05, 3.63) is 39.4 Å². The molecule has 3 unspecified atom stereocenters. The largest absolute Gasteiger partial charge is 0.480 e. The molecule has 1 aromatic rings. The number of carboxylic acids is 1. The Bertz CT molecular complexity index is 702. The van der Waals surface area contributed by atoms with Gasteiger partial charge in [-0.25, -0.2) is 4.79 Å². The van der Waals surface area contributed by atoms with E-state index in [-0.39, 0.29) is 23.2 Å². The van der Waals surface area contributed by atoms with Crippen molar-refractivity contribution < 1.29 is 19.6 Å². The van der Waals surface area contributed by atoms with Crippen LogP contribution in [0.15, 0.2) is 18.2 Å². The lowest BCUT2D eigenvalue weighted by molar-refractivity contribution is -0.384. The van der Waals surface area contributed by atoms with Crippen LogP contribution in [-0.2, 0) is 4.79 Å². The number of hydrogen-bond donors (Lipinski definition) is 1. The summed E-state index contributed by atoms with van der Waals surface area (Å²) in [4.78, 5) is 36.6. The van der Waals surface area contributed by atoms with Crippen LogP contribution in [0.2, 0.25) is 0 Å². The summed E-state index contributed by atoms with van der Waals surface area (Å²) in [6.07, 6.45) is 4.25. The zero-order valence-electron chi connectivity index (χ0n) is 13.5. The van der Waals surface area contributed by atoms with E-state index in [1.807, 2.05) is 0 Å². The third-order valence-corrected chi connectivity index (χ3v) is 5.13. The maximum atomic E-state index is 13.0. The van der Waals surface area contributed by atoms with Gasteiger partial charge in [-0.2, -0.15) is 0 Å². The first-order chi connectivity index (χ1) is 11.4. The van der Waals surface area contributed by atoms with Crippen LogP contribution in [0.5, 0.6) is 0 Å². The number of amides is 1. The number of carbonyl (C=O) groups is 2. The van der Waals surface area contributed by atoms with Crippen molar-refractivity contribution >= 4 is 17.6 Å². The molecule has 7 heteroatoms. The molecule has 1 saturated heterocycles. The van der Waals surface area contributed by atoms with Gasteiger partial charge in [-0.1, -0.05) is 12.8 Å². The molecule has 0 aromatic heterocycles. The van der Waals surface area contributed by atoms with Crippen LogP contribution in [0.1, 0.15) is 48.0 Å². The molecule has 1 aromatic carbocycles. The number of nitrogens with zero attached hydrogens (tertiary/aromatic N) is 2. The van der Waals surface area contributed by atoms with Crippen LogP contribution in [0, 0.1) is 23.0 Å². The second-order valence-corrected chi connectivity index (χ2v) is 6.73. The molecule has 1 aliphatic heterocycles. The van der Waals surface area contributed by atoms with Gasteiger partial charge in [-0.3, -0.25) is 14.9 Å². The fourth-order valence-corrected chi connectivity index (χ4v) is 4.11. The molecule has 24 heavy (non-hydrogen) atoms. The number of carboxylic acid groups (broad SMARTS) is 1. The van der Waals surface area contributed by atoms with Crippen molar-refractivity contribution in [1.29, 1.82) is 0 Å². The summed E-state index contributed by atoms with van der Waals surface area (Å²) in [6, 6.07) is 3.31. The van der Waals surface area contributed by atoms with Crippen molar-refractivity contribution in [2.24, 2.45) is 5.92 Å². The minimum Gasteiger partial charge on any atom is -0.480 e. The highest BCUT2D eigenvalue weighted by atomic mass is 16.6. The summed E-state index contributed by atoms with van der Waals surface area (Å²) in [5.41, 5.74) is 0.655. The summed E-state index contributed by atoms with van der Waals surface area (Å²) < 4.78 is 0. The molecule has 3 rings (SSSR count). The van der Waals surface area contributed by atoms with E-state index in [4.69, 9.17) is 0 Å². The van der Waals surface area contributed by atoms with Crippen molar-refractivity contribution in [3.63, 3.8) is 0 Å². The van der Waals surface area contributed by atoms with Gasteiger partial charge in [0.2, 0.25) is 0 Å². The maximum Gasteiger partial charge on any atom is 0.326 e. The van der Waals surface area contributed by atoms with E-state index in [2.05, 4.69) is 0 Å². The van der Waals surface area contributed by atoms with Gasteiger partial charge < -0.3 is 10.0 Å². The average molecular weight is 332 g/mol. The Morgan fingerprint density at radius 3 is 2.62 bits per heavy atom. The molecule has 7 nitrogen and oxygen atoms in total. The van der Waals surface area contributed by atoms with Crippen LogP contribution in [-0.4, -0.2) is 38.9 Å². The number of aliphatic carboxylic acids is 1. The van der Waals surface area contributed by atoms with Crippen LogP contribution in [0.25, 0.3) is 0 Å². The standard InChI is InChI=1S/C17H20N2O5/c1-10-6-12(8-13(7-10)19(23)24)16(20)18-14-5-3-2-4-11(14)9-15(18)17(21)22/h6-8,11,14-15H,2-5,9H2,1H3,(H,21,22). The number of nitro groups is 1. The summed E-state index contributed by atoms with van der Waals surface area (Å²) >= 11 is 0. The number of likely N-dealkylation sites (tertiary alicyclic amines) is 1. The fraction of sp³-hybridized carbons (Fsp3) is 0.529. The lowest BCUT2D eigenvalue weighted by Crippen LogP contribution is -2.46. The topological polar surface area (TPSA) is 101 Å². The van der Waals surface area contributed by atoms with Gasteiger partial charge in [-0.05, 0) is 43.7 Å². The Kier molecular flexibility index (Phi) is 4.26. The smallest absolute Gasteiger partial charge is 0.326 e. The van der Waals surface area contributed by atoms with E-state index in [0.29, 0.717) is 12.0 Å².